The van der Waals surface area contributed by atoms with Gasteiger partial charge in [-0.1, -0.05) is 23.9 Å². The second kappa shape index (κ2) is 7.77. The fraction of sp³-hybridized carbons (Fsp3) is 0.250. The number of nitrogens with zero attached hydrogens (tertiary/aromatic N) is 2. The topological polar surface area (TPSA) is 105 Å². The van der Waals surface area contributed by atoms with Crippen molar-refractivity contribution in [1.29, 1.82) is 0 Å². The number of hydrogen-bond donors (Lipinski definition) is 2. The van der Waals surface area contributed by atoms with Gasteiger partial charge in [0.1, 0.15) is 5.69 Å². The van der Waals surface area contributed by atoms with Crippen LogP contribution < -0.4 is 11.1 Å². The average Bonchev–Trinajstić information content (AvgIpc) is 3.19. The van der Waals surface area contributed by atoms with E-state index < -0.39 is 0 Å². The summed E-state index contributed by atoms with van der Waals surface area (Å²) in [5, 5.41) is 5.09. The summed E-state index contributed by atoms with van der Waals surface area (Å²) in [4.78, 5) is 40.9. The summed E-state index contributed by atoms with van der Waals surface area (Å²) >= 11 is 2.42. The predicted octanol–water partition coefficient (Wildman–Crippen LogP) is 2.09. The number of benzene rings is 1. The van der Waals surface area contributed by atoms with Crippen LogP contribution in [0.1, 0.15) is 21.1 Å². The van der Waals surface area contributed by atoms with Crippen LogP contribution >= 0.6 is 23.1 Å². The second-order valence-electron chi connectivity index (χ2n) is 5.35. The van der Waals surface area contributed by atoms with Crippen LogP contribution in [0.4, 0.5) is 10.5 Å². The maximum Gasteiger partial charge on any atom is 0.289 e. The van der Waals surface area contributed by atoms with Crippen LogP contribution in [0, 0.1) is 0 Å². The van der Waals surface area contributed by atoms with E-state index in [9.17, 15) is 14.4 Å². The minimum Gasteiger partial charge on any atom is -0.330 e. The van der Waals surface area contributed by atoms with Crippen molar-refractivity contribution in [3.8, 4) is 0 Å². The van der Waals surface area contributed by atoms with Gasteiger partial charge < -0.3 is 11.1 Å². The van der Waals surface area contributed by atoms with E-state index in [4.69, 9.17) is 5.73 Å². The standard InChI is InChI=1S/C16H16N4O3S2/c17-6-5-13-19-12(8-24-13)15(22)18-11-3-1-10(2-4-11)7-20-14(21)9-25-16(20)23/h1-4,8H,5-7,9,17H2,(H,18,22). The van der Waals surface area contributed by atoms with E-state index in [2.05, 4.69) is 10.3 Å². The van der Waals surface area contributed by atoms with E-state index in [0.717, 1.165) is 22.3 Å². The Labute approximate surface area is 152 Å². The number of anilines is 1. The molecule has 1 aliphatic heterocycles. The Hall–Kier alpha value is -2.23. The number of nitrogens with two attached hydrogens (primary N) is 1. The normalized spacial score (nSPS) is 14.2. The molecule has 3 N–H and O–H groups in total. The van der Waals surface area contributed by atoms with Gasteiger partial charge in [-0.3, -0.25) is 19.3 Å². The highest BCUT2D eigenvalue weighted by Crippen LogP contribution is 2.22. The molecule has 1 aliphatic rings. The number of hydrogen-bond acceptors (Lipinski definition) is 7. The number of aromatic nitrogens is 1. The molecule has 0 radical (unpaired) electrons. The number of carbonyl (C=O) groups excluding carboxylic acids is 3. The molecule has 2 aromatic rings. The minimum absolute atomic E-state index is 0.177. The maximum absolute atomic E-state index is 12.2. The number of amides is 3. The molecule has 2 heterocycles. The lowest BCUT2D eigenvalue weighted by atomic mass is 10.2. The number of rotatable bonds is 6. The first-order valence-electron chi connectivity index (χ1n) is 7.58. The smallest absolute Gasteiger partial charge is 0.289 e. The third-order valence-electron chi connectivity index (χ3n) is 3.54. The lowest BCUT2D eigenvalue weighted by Crippen LogP contribution is -2.27. The highest BCUT2D eigenvalue weighted by Gasteiger charge is 2.29. The molecule has 25 heavy (non-hydrogen) atoms. The largest absolute Gasteiger partial charge is 0.330 e. The van der Waals surface area contributed by atoms with Gasteiger partial charge in [-0.2, -0.15) is 0 Å². The molecular weight excluding hydrogens is 360 g/mol. The molecule has 1 aromatic heterocycles. The summed E-state index contributed by atoms with van der Waals surface area (Å²) in [7, 11) is 0. The summed E-state index contributed by atoms with van der Waals surface area (Å²) in [6, 6.07) is 7.03. The molecule has 1 saturated heterocycles. The Morgan fingerprint density at radius 3 is 2.68 bits per heavy atom. The summed E-state index contributed by atoms with van der Waals surface area (Å²) in [5.41, 5.74) is 7.28. The maximum atomic E-state index is 12.2. The van der Waals surface area contributed by atoms with Crippen molar-refractivity contribution in [2.45, 2.75) is 13.0 Å². The lowest BCUT2D eigenvalue weighted by Gasteiger charge is -2.13. The summed E-state index contributed by atoms with van der Waals surface area (Å²) in [5.74, 6) is -0.259. The first-order chi connectivity index (χ1) is 12.1. The summed E-state index contributed by atoms with van der Waals surface area (Å²) < 4.78 is 0. The van der Waals surface area contributed by atoms with Gasteiger partial charge in [0.2, 0.25) is 5.91 Å². The van der Waals surface area contributed by atoms with Crippen molar-refractivity contribution in [3.05, 3.63) is 45.9 Å². The van der Waals surface area contributed by atoms with Gasteiger partial charge in [0.25, 0.3) is 11.1 Å². The second-order valence-corrected chi connectivity index (χ2v) is 7.22. The van der Waals surface area contributed by atoms with Gasteiger partial charge in [-0.15, -0.1) is 11.3 Å². The average molecular weight is 376 g/mol. The van der Waals surface area contributed by atoms with Gasteiger partial charge in [0.15, 0.2) is 0 Å². The molecule has 0 unspecified atom stereocenters. The highest BCUT2D eigenvalue weighted by molar-refractivity contribution is 8.14. The van der Waals surface area contributed by atoms with Crippen molar-refractivity contribution in [2.24, 2.45) is 5.73 Å². The van der Waals surface area contributed by atoms with Crippen molar-refractivity contribution >= 4 is 45.8 Å². The summed E-state index contributed by atoms with van der Waals surface area (Å²) in [6.45, 7) is 0.740. The van der Waals surface area contributed by atoms with Crippen LogP contribution in [-0.4, -0.2) is 39.2 Å². The van der Waals surface area contributed by atoms with E-state index in [1.807, 2.05) is 0 Å². The fourth-order valence-corrected chi connectivity index (χ4v) is 3.78. The molecule has 0 bridgehead atoms. The zero-order valence-corrected chi connectivity index (χ0v) is 14.9. The fourth-order valence-electron chi connectivity index (χ4n) is 2.26. The molecule has 0 saturated carbocycles. The molecule has 7 nitrogen and oxygen atoms in total. The molecule has 0 atom stereocenters. The third-order valence-corrected chi connectivity index (χ3v) is 5.30. The van der Waals surface area contributed by atoms with Gasteiger partial charge in [-0.05, 0) is 24.2 Å². The van der Waals surface area contributed by atoms with Gasteiger partial charge in [0, 0.05) is 17.5 Å². The molecule has 3 amide bonds. The number of thiazole rings is 1. The van der Waals surface area contributed by atoms with Crippen LogP contribution in [0.3, 0.4) is 0 Å². The monoisotopic (exact) mass is 376 g/mol. The van der Waals surface area contributed by atoms with Gasteiger partial charge in [0.05, 0.1) is 17.3 Å². The molecule has 9 heteroatoms. The number of thioether (sulfide) groups is 1. The number of nitrogens with one attached hydrogen (secondary N) is 1. The van der Waals surface area contributed by atoms with Crippen molar-refractivity contribution in [2.75, 3.05) is 17.6 Å². The quantitative estimate of drug-likeness (QED) is 0.800. The Morgan fingerprint density at radius 1 is 1.28 bits per heavy atom. The Balaban J connectivity index is 1.61. The Kier molecular flexibility index (Phi) is 5.47. The number of carbonyl (C=O) groups is 3. The molecule has 0 aliphatic carbocycles. The first-order valence-corrected chi connectivity index (χ1v) is 9.45. The molecule has 1 aromatic carbocycles. The zero-order chi connectivity index (χ0) is 17.8. The van der Waals surface area contributed by atoms with Crippen LogP contribution in [0.25, 0.3) is 0 Å². The van der Waals surface area contributed by atoms with Crippen LogP contribution in [0.15, 0.2) is 29.6 Å². The van der Waals surface area contributed by atoms with Crippen molar-refractivity contribution in [1.82, 2.24) is 9.88 Å². The van der Waals surface area contributed by atoms with E-state index in [1.54, 1.807) is 29.6 Å². The highest BCUT2D eigenvalue weighted by atomic mass is 32.2. The Morgan fingerprint density at radius 2 is 2.04 bits per heavy atom. The van der Waals surface area contributed by atoms with E-state index in [-0.39, 0.29) is 29.4 Å². The SMILES string of the molecule is NCCc1nc(C(=O)Nc2ccc(CN3C(=O)CSC3=O)cc2)cs1. The third kappa shape index (κ3) is 4.25. The van der Waals surface area contributed by atoms with Gasteiger partial charge in [-0.25, -0.2) is 4.98 Å². The van der Waals surface area contributed by atoms with Crippen molar-refractivity contribution < 1.29 is 14.4 Å². The van der Waals surface area contributed by atoms with E-state index in [0.29, 0.717) is 24.3 Å². The molecule has 0 spiro atoms. The molecule has 3 rings (SSSR count). The zero-order valence-electron chi connectivity index (χ0n) is 13.2. The Bertz CT molecular complexity index is 788. The van der Waals surface area contributed by atoms with Crippen LogP contribution in [0.2, 0.25) is 0 Å². The van der Waals surface area contributed by atoms with Crippen LogP contribution in [-0.2, 0) is 17.8 Å². The summed E-state index contributed by atoms with van der Waals surface area (Å²) in [6.07, 6.45) is 0.652. The molecule has 130 valence electrons. The number of imide groups is 1. The van der Waals surface area contributed by atoms with E-state index in [1.165, 1.54) is 16.2 Å². The predicted molar refractivity (Wildman–Crippen MR) is 97.7 cm³/mol. The van der Waals surface area contributed by atoms with Gasteiger partial charge >= 0.3 is 0 Å². The van der Waals surface area contributed by atoms with Crippen molar-refractivity contribution in [3.63, 3.8) is 0 Å². The first kappa shape index (κ1) is 17.6. The minimum atomic E-state index is -0.284. The van der Waals surface area contributed by atoms with Crippen LogP contribution in [0.5, 0.6) is 0 Å². The molecular formula is C16H16N4O3S2. The van der Waals surface area contributed by atoms with E-state index >= 15 is 0 Å². The molecule has 1 fully saturated rings. The lowest BCUT2D eigenvalue weighted by molar-refractivity contribution is -0.125.